The maximum atomic E-state index is 12.7. The highest BCUT2D eigenvalue weighted by Gasteiger charge is 2.16. The SMILES string of the molecule is Cc1cc(C)c(-c2nccn2C(=O)CCc2ccccc2)c(C)c1. The summed E-state index contributed by atoms with van der Waals surface area (Å²) < 4.78 is 1.69. The number of benzene rings is 2. The Kier molecular flexibility index (Phi) is 4.61. The molecule has 1 aromatic heterocycles. The fourth-order valence-corrected chi connectivity index (χ4v) is 3.24. The fraction of sp³-hybridized carbons (Fsp3) is 0.238. The van der Waals surface area contributed by atoms with Crippen LogP contribution in [0.2, 0.25) is 0 Å². The molecule has 2 aromatic carbocycles. The van der Waals surface area contributed by atoms with Crippen molar-refractivity contribution in [3.05, 3.63) is 77.1 Å². The second-order valence-electron chi connectivity index (χ2n) is 6.27. The number of hydrogen-bond donors (Lipinski definition) is 0. The van der Waals surface area contributed by atoms with E-state index in [-0.39, 0.29) is 5.91 Å². The van der Waals surface area contributed by atoms with E-state index >= 15 is 0 Å². The van der Waals surface area contributed by atoms with Crippen molar-refractivity contribution >= 4 is 5.91 Å². The Morgan fingerprint density at radius 2 is 1.71 bits per heavy atom. The Balaban J connectivity index is 1.87. The lowest BCUT2D eigenvalue weighted by Crippen LogP contribution is -2.13. The Morgan fingerprint density at radius 3 is 2.38 bits per heavy atom. The molecule has 0 atom stereocenters. The highest BCUT2D eigenvalue weighted by atomic mass is 16.2. The van der Waals surface area contributed by atoms with Gasteiger partial charge in [0.1, 0.15) is 5.82 Å². The Labute approximate surface area is 143 Å². The summed E-state index contributed by atoms with van der Waals surface area (Å²) in [5, 5.41) is 0. The van der Waals surface area contributed by atoms with E-state index in [0.29, 0.717) is 6.42 Å². The molecule has 0 aliphatic carbocycles. The van der Waals surface area contributed by atoms with Crippen LogP contribution in [0.25, 0.3) is 11.4 Å². The third kappa shape index (κ3) is 3.30. The number of carbonyl (C=O) groups excluding carboxylic acids is 1. The molecule has 0 radical (unpaired) electrons. The summed E-state index contributed by atoms with van der Waals surface area (Å²) in [5.74, 6) is 0.814. The third-order valence-electron chi connectivity index (χ3n) is 4.28. The maximum absolute atomic E-state index is 12.7. The van der Waals surface area contributed by atoms with Gasteiger partial charge in [-0.2, -0.15) is 0 Å². The van der Waals surface area contributed by atoms with Crippen LogP contribution < -0.4 is 0 Å². The molecule has 24 heavy (non-hydrogen) atoms. The molecule has 0 N–H and O–H groups in total. The van der Waals surface area contributed by atoms with Crippen molar-refractivity contribution in [3.63, 3.8) is 0 Å². The van der Waals surface area contributed by atoms with E-state index in [1.807, 2.05) is 18.2 Å². The molecule has 0 aliphatic heterocycles. The minimum absolute atomic E-state index is 0.0747. The molecular formula is C21H22N2O. The minimum atomic E-state index is 0.0747. The molecule has 0 unspecified atom stereocenters. The van der Waals surface area contributed by atoms with Crippen molar-refractivity contribution < 1.29 is 4.79 Å². The first-order valence-electron chi connectivity index (χ1n) is 8.25. The van der Waals surface area contributed by atoms with Gasteiger partial charge in [0.2, 0.25) is 5.91 Å². The van der Waals surface area contributed by atoms with Crippen molar-refractivity contribution in [3.8, 4) is 11.4 Å². The number of nitrogens with zero attached hydrogens (tertiary/aromatic N) is 2. The molecule has 0 fully saturated rings. The zero-order chi connectivity index (χ0) is 17.1. The summed E-state index contributed by atoms with van der Waals surface area (Å²) in [7, 11) is 0. The average Bonchev–Trinajstić information content (AvgIpc) is 3.02. The molecule has 3 heteroatoms. The molecule has 3 aromatic rings. The molecule has 0 spiro atoms. The van der Waals surface area contributed by atoms with E-state index in [4.69, 9.17) is 0 Å². The predicted molar refractivity (Wildman–Crippen MR) is 97.3 cm³/mol. The summed E-state index contributed by atoms with van der Waals surface area (Å²) in [6.07, 6.45) is 4.68. The van der Waals surface area contributed by atoms with Crippen molar-refractivity contribution in [2.45, 2.75) is 33.6 Å². The molecule has 3 nitrogen and oxygen atoms in total. The monoisotopic (exact) mass is 318 g/mol. The molecule has 1 heterocycles. The summed E-state index contributed by atoms with van der Waals surface area (Å²) in [6, 6.07) is 14.4. The fourth-order valence-electron chi connectivity index (χ4n) is 3.24. The molecule has 122 valence electrons. The zero-order valence-electron chi connectivity index (χ0n) is 14.4. The molecule has 3 rings (SSSR count). The van der Waals surface area contributed by atoms with Crippen LogP contribution in [0.15, 0.2) is 54.9 Å². The highest BCUT2D eigenvalue weighted by molar-refractivity contribution is 5.84. The van der Waals surface area contributed by atoms with Crippen molar-refractivity contribution in [2.75, 3.05) is 0 Å². The zero-order valence-corrected chi connectivity index (χ0v) is 14.4. The van der Waals surface area contributed by atoms with Gasteiger partial charge in [0.15, 0.2) is 0 Å². The summed E-state index contributed by atoms with van der Waals surface area (Å²) in [6.45, 7) is 6.23. The highest BCUT2D eigenvalue weighted by Crippen LogP contribution is 2.27. The Morgan fingerprint density at radius 1 is 1.04 bits per heavy atom. The summed E-state index contributed by atoms with van der Waals surface area (Å²) >= 11 is 0. The number of imidazole rings is 1. The van der Waals surface area contributed by atoms with Gasteiger partial charge in [-0.05, 0) is 43.9 Å². The van der Waals surface area contributed by atoms with Gasteiger partial charge in [0, 0.05) is 24.4 Å². The number of aryl methyl sites for hydroxylation is 4. The van der Waals surface area contributed by atoms with Crippen LogP contribution >= 0.6 is 0 Å². The molecule has 0 saturated heterocycles. The molecule has 0 bridgehead atoms. The first kappa shape index (κ1) is 16.2. The molecule has 0 aliphatic rings. The normalized spacial score (nSPS) is 10.8. The van der Waals surface area contributed by atoms with E-state index in [9.17, 15) is 4.79 Å². The number of aromatic nitrogens is 2. The first-order chi connectivity index (χ1) is 11.6. The largest absolute Gasteiger partial charge is 0.274 e. The van der Waals surface area contributed by atoms with Crippen LogP contribution in [-0.4, -0.2) is 15.5 Å². The lowest BCUT2D eigenvalue weighted by molar-refractivity contribution is 0.0905. The van der Waals surface area contributed by atoms with Crippen LogP contribution in [0.3, 0.4) is 0 Å². The van der Waals surface area contributed by atoms with E-state index in [1.165, 1.54) is 11.1 Å². The van der Waals surface area contributed by atoms with Crippen molar-refractivity contribution in [1.82, 2.24) is 9.55 Å². The van der Waals surface area contributed by atoms with Crippen LogP contribution in [0, 0.1) is 20.8 Å². The van der Waals surface area contributed by atoms with Crippen LogP contribution in [0.1, 0.15) is 33.5 Å². The van der Waals surface area contributed by atoms with E-state index < -0.39 is 0 Å². The minimum Gasteiger partial charge on any atom is -0.274 e. The second-order valence-corrected chi connectivity index (χ2v) is 6.27. The average molecular weight is 318 g/mol. The summed E-state index contributed by atoms with van der Waals surface area (Å²) in [4.78, 5) is 17.1. The lowest BCUT2D eigenvalue weighted by atomic mass is 9.99. The Bertz CT molecular complexity index is 840. The quantitative estimate of drug-likeness (QED) is 0.696. The van der Waals surface area contributed by atoms with Gasteiger partial charge >= 0.3 is 0 Å². The number of carbonyl (C=O) groups is 1. The second kappa shape index (κ2) is 6.83. The van der Waals surface area contributed by atoms with Gasteiger partial charge in [-0.25, -0.2) is 4.98 Å². The number of hydrogen-bond acceptors (Lipinski definition) is 2. The van der Waals surface area contributed by atoms with E-state index in [2.05, 4.69) is 50.0 Å². The van der Waals surface area contributed by atoms with E-state index in [1.54, 1.807) is 17.0 Å². The smallest absolute Gasteiger partial charge is 0.232 e. The maximum Gasteiger partial charge on any atom is 0.232 e. The van der Waals surface area contributed by atoms with Crippen LogP contribution in [0.4, 0.5) is 0 Å². The summed E-state index contributed by atoms with van der Waals surface area (Å²) in [5.41, 5.74) is 5.75. The standard InChI is InChI=1S/C21H22N2O/c1-15-13-16(2)20(17(3)14-15)21-22-11-12-23(21)19(24)10-9-18-7-5-4-6-8-18/h4-8,11-14H,9-10H2,1-3H3. The van der Waals surface area contributed by atoms with E-state index in [0.717, 1.165) is 28.9 Å². The van der Waals surface area contributed by atoms with Gasteiger partial charge in [-0.3, -0.25) is 9.36 Å². The van der Waals surface area contributed by atoms with Crippen molar-refractivity contribution in [1.29, 1.82) is 0 Å². The topological polar surface area (TPSA) is 34.9 Å². The number of rotatable bonds is 4. The molecular weight excluding hydrogens is 296 g/mol. The van der Waals surface area contributed by atoms with Gasteiger partial charge in [0.25, 0.3) is 0 Å². The Hall–Kier alpha value is -2.68. The first-order valence-corrected chi connectivity index (χ1v) is 8.25. The molecule has 0 amide bonds. The predicted octanol–water partition coefficient (Wildman–Crippen LogP) is 4.75. The lowest BCUT2D eigenvalue weighted by Gasteiger charge is -2.13. The van der Waals surface area contributed by atoms with Gasteiger partial charge < -0.3 is 0 Å². The third-order valence-corrected chi connectivity index (χ3v) is 4.28. The van der Waals surface area contributed by atoms with Gasteiger partial charge in [0.05, 0.1) is 0 Å². The van der Waals surface area contributed by atoms with Gasteiger partial charge in [-0.1, -0.05) is 48.0 Å². The van der Waals surface area contributed by atoms with Crippen LogP contribution in [0.5, 0.6) is 0 Å². The van der Waals surface area contributed by atoms with Crippen LogP contribution in [-0.2, 0) is 6.42 Å². The van der Waals surface area contributed by atoms with Gasteiger partial charge in [-0.15, -0.1) is 0 Å². The molecule has 0 saturated carbocycles. The van der Waals surface area contributed by atoms with Crippen molar-refractivity contribution in [2.24, 2.45) is 0 Å².